The SMILES string of the molecule is Cc1ccc2[nH]c(=S)n(-c3ccccc3C(C)(C)C)c2c1. The molecule has 0 fully saturated rings. The molecule has 0 unspecified atom stereocenters. The van der Waals surface area contributed by atoms with Gasteiger partial charge in [0.1, 0.15) is 0 Å². The van der Waals surface area contributed by atoms with Gasteiger partial charge >= 0.3 is 0 Å². The summed E-state index contributed by atoms with van der Waals surface area (Å²) in [6, 6.07) is 14.9. The van der Waals surface area contributed by atoms with Crippen molar-refractivity contribution in [3.8, 4) is 5.69 Å². The number of nitrogens with one attached hydrogen (secondary N) is 1. The Morgan fingerprint density at radius 3 is 2.48 bits per heavy atom. The van der Waals surface area contributed by atoms with E-state index in [1.54, 1.807) is 0 Å². The molecule has 3 rings (SSSR count). The number of H-pyrrole nitrogens is 1. The monoisotopic (exact) mass is 296 g/mol. The summed E-state index contributed by atoms with van der Waals surface area (Å²) in [7, 11) is 0. The molecule has 0 amide bonds. The number of benzene rings is 2. The molecule has 0 saturated carbocycles. The van der Waals surface area contributed by atoms with Crippen molar-refractivity contribution in [1.29, 1.82) is 0 Å². The summed E-state index contributed by atoms with van der Waals surface area (Å²) in [6.45, 7) is 8.80. The minimum Gasteiger partial charge on any atom is -0.330 e. The van der Waals surface area contributed by atoms with Crippen LogP contribution in [-0.4, -0.2) is 9.55 Å². The van der Waals surface area contributed by atoms with Crippen molar-refractivity contribution in [2.75, 3.05) is 0 Å². The van der Waals surface area contributed by atoms with Crippen LogP contribution in [0.3, 0.4) is 0 Å². The van der Waals surface area contributed by atoms with Gasteiger partial charge in [0.05, 0.1) is 16.7 Å². The molecule has 3 heteroatoms. The number of aromatic amines is 1. The van der Waals surface area contributed by atoms with E-state index in [0.29, 0.717) is 0 Å². The van der Waals surface area contributed by atoms with Crippen LogP contribution in [0.15, 0.2) is 42.5 Å². The van der Waals surface area contributed by atoms with Crippen LogP contribution in [0.1, 0.15) is 31.9 Å². The topological polar surface area (TPSA) is 20.7 Å². The molecule has 0 radical (unpaired) electrons. The molecular formula is C18H20N2S. The first-order valence-corrected chi connectivity index (χ1v) is 7.60. The van der Waals surface area contributed by atoms with Gasteiger partial charge in [0, 0.05) is 0 Å². The lowest BCUT2D eigenvalue weighted by molar-refractivity contribution is 0.586. The quantitative estimate of drug-likeness (QED) is 0.605. The smallest absolute Gasteiger partial charge is 0.182 e. The number of aryl methyl sites for hydroxylation is 1. The number of imidazole rings is 1. The third kappa shape index (κ3) is 2.42. The van der Waals surface area contributed by atoms with E-state index in [-0.39, 0.29) is 5.41 Å². The highest BCUT2D eigenvalue weighted by molar-refractivity contribution is 7.71. The van der Waals surface area contributed by atoms with Gasteiger partial charge in [0.2, 0.25) is 0 Å². The van der Waals surface area contributed by atoms with Crippen LogP contribution in [0, 0.1) is 11.7 Å². The molecule has 0 saturated heterocycles. The van der Waals surface area contributed by atoms with Gasteiger partial charge in [-0.3, -0.25) is 4.57 Å². The fourth-order valence-electron chi connectivity index (χ4n) is 2.75. The summed E-state index contributed by atoms with van der Waals surface area (Å²) >= 11 is 5.57. The summed E-state index contributed by atoms with van der Waals surface area (Å²) in [5.41, 5.74) is 5.97. The highest BCUT2D eigenvalue weighted by atomic mass is 32.1. The first-order valence-electron chi connectivity index (χ1n) is 7.19. The van der Waals surface area contributed by atoms with Crippen molar-refractivity contribution in [2.24, 2.45) is 0 Å². The number of hydrogen-bond acceptors (Lipinski definition) is 1. The van der Waals surface area contributed by atoms with Gasteiger partial charge in [-0.2, -0.15) is 0 Å². The van der Waals surface area contributed by atoms with Gasteiger partial charge in [0.15, 0.2) is 4.77 Å². The van der Waals surface area contributed by atoms with E-state index in [0.717, 1.165) is 21.5 Å². The van der Waals surface area contributed by atoms with Crippen LogP contribution >= 0.6 is 12.2 Å². The van der Waals surface area contributed by atoms with Crippen LogP contribution in [0.5, 0.6) is 0 Å². The Bertz CT molecular complexity index is 863. The van der Waals surface area contributed by atoms with Crippen molar-refractivity contribution in [1.82, 2.24) is 9.55 Å². The minimum absolute atomic E-state index is 0.0682. The van der Waals surface area contributed by atoms with Crippen LogP contribution in [-0.2, 0) is 5.41 Å². The van der Waals surface area contributed by atoms with E-state index in [1.807, 2.05) is 0 Å². The first kappa shape index (κ1) is 14.1. The standard InChI is InChI=1S/C18H20N2S/c1-12-9-10-14-16(11-12)20(17(21)19-14)15-8-6-5-7-13(15)18(2,3)4/h5-11H,1-4H3,(H,19,21). The van der Waals surface area contributed by atoms with Gasteiger partial charge in [-0.25, -0.2) is 0 Å². The number of aromatic nitrogens is 2. The maximum Gasteiger partial charge on any atom is 0.182 e. The number of nitrogens with zero attached hydrogens (tertiary/aromatic N) is 1. The van der Waals surface area contributed by atoms with Crippen molar-refractivity contribution >= 4 is 23.3 Å². The Labute approximate surface area is 130 Å². The van der Waals surface area contributed by atoms with Gasteiger partial charge in [-0.15, -0.1) is 0 Å². The normalized spacial score (nSPS) is 12.0. The van der Waals surface area contributed by atoms with Crippen molar-refractivity contribution in [2.45, 2.75) is 33.1 Å². The summed E-state index contributed by atoms with van der Waals surface area (Å²) in [6.07, 6.45) is 0. The minimum atomic E-state index is 0.0682. The molecule has 1 aromatic heterocycles. The summed E-state index contributed by atoms with van der Waals surface area (Å²) < 4.78 is 2.89. The van der Waals surface area contributed by atoms with Gasteiger partial charge in [-0.1, -0.05) is 45.0 Å². The third-order valence-corrected chi connectivity index (χ3v) is 4.08. The molecule has 0 spiro atoms. The summed E-state index contributed by atoms with van der Waals surface area (Å²) in [5, 5.41) is 0. The van der Waals surface area contributed by atoms with Crippen molar-refractivity contribution in [3.63, 3.8) is 0 Å². The van der Waals surface area contributed by atoms with Crippen molar-refractivity contribution in [3.05, 3.63) is 58.4 Å². The number of rotatable bonds is 1. The lowest BCUT2D eigenvalue weighted by Crippen LogP contribution is -2.15. The third-order valence-electron chi connectivity index (χ3n) is 3.79. The predicted molar refractivity (Wildman–Crippen MR) is 91.9 cm³/mol. The second-order valence-corrected chi connectivity index (χ2v) is 6.94. The Morgan fingerprint density at radius 1 is 1.05 bits per heavy atom. The average Bonchev–Trinajstić information content (AvgIpc) is 2.73. The largest absolute Gasteiger partial charge is 0.330 e. The molecule has 0 atom stereocenters. The molecule has 1 heterocycles. The average molecular weight is 296 g/mol. The number of fused-ring (bicyclic) bond motifs is 1. The molecule has 0 bridgehead atoms. The first-order chi connectivity index (χ1) is 9.88. The maximum absolute atomic E-state index is 5.57. The molecule has 3 aromatic rings. The van der Waals surface area contributed by atoms with Gasteiger partial charge in [-0.05, 0) is 53.9 Å². The summed E-state index contributed by atoms with van der Waals surface area (Å²) in [5.74, 6) is 0. The van der Waals surface area contributed by atoms with Crippen LogP contribution < -0.4 is 0 Å². The Hall–Kier alpha value is -1.87. The second-order valence-electron chi connectivity index (χ2n) is 6.55. The van der Waals surface area contributed by atoms with E-state index in [9.17, 15) is 0 Å². The number of hydrogen-bond donors (Lipinski definition) is 1. The van der Waals surface area contributed by atoms with E-state index in [4.69, 9.17) is 12.2 Å². The van der Waals surface area contributed by atoms with E-state index < -0.39 is 0 Å². The Kier molecular flexibility index (Phi) is 3.25. The van der Waals surface area contributed by atoms with Gasteiger partial charge in [0.25, 0.3) is 0 Å². The molecule has 21 heavy (non-hydrogen) atoms. The fraction of sp³-hybridized carbons (Fsp3) is 0.278. The van der Waals surface area contributed by atoms with Crippen molar-refractivity contribution < 1.29 is 0 Å². The second kappa shape index (κ2) is 4.85. The highest BCUT2D eigenvalue weighted by Crippen LogP contribution is 2.30. The van der Waals surface area contributed by atoms with Gasteiger partial charge < -0.3 is 4.98 Å². The van der Waals surface area contributed by atoms with Crippen LogP contribution in [0.25, 0.3) is 16.7 Å². The number of para-hydroxylation sites is 1. The van der Waals surface area contributed by atoms with Crippen LogP contribution in [0.4, 0.5) is 0 Å². The lowest BCUT2D eigenvalue weighted by atomic mass is 9.85. The molecule has 2 aromatic carbocycles. The lowest BCUT2D eigenvalue weighted by Gasteiger charge is -2.23. The molecule has 0 aliphatic carbocycles. The van der Waals surface area contributed by atoms with E-state index in [2.05, 4.69) is 79.7 Å². The Balaban J connectivity index is 2.39. The maximum atomic E-state index is 5.57. The zero-order valence-electron chi connectivity index (χ0n) is 12.9. The van der Waals surface area contributed by atoms with E-state index >= 15 is 0 Å². The summed E-state index contributed by atoms with van der Waals surface area (Å²) in [4.78, 5) is 3.31. The predicted octanol–water partition coefficient (Wildman–Crippen LogP) is 5.29. The zero-order valence-corrected chi connectivity index (χ0v) is 13.7. The molecule has 0 aliphatic rings. The molecule has 108 valence electrons. The zero-order chi connectivity index (χ0) is 15.2. The highest BCUT2D eigenvalue weighted by Gasteiger charge is 2.19. The fourth-order valence-corrected chi connectivity index (χ4v) is 3.06. The molecule has 2 nitrogen and oxygen atoms in total. The molecule has 1 N–H and O–H groups in total. The molecular weight excluding hydrogens is 276 g/mol. The Morgan fingerprint density at radius 2 is 1.76 bits per heavy atom. The van der Waals surface area contributed by atoms with Crippen LogP contribution in [0.2, 0.25) is 0 Å². The molecule has 0 aliphatic heterocycles. The van der Waals surface area contributed by atoms with E-state index in [1.165, 1.54) is 11.1 Å².